The number of Topliss-reactive ketones (excluding diaryl/α,β-unsaturated/α-hetero) is 1. The topological polar surface area (TPSA) is 89.7 Å². The molecule has 6 nitrogen and oxygen atoms in total. The molecule has 0 saturated carbocycles. The lowest BCUT2D eigenvalue weighted by molar-refractivity contribution is -0.133. The second kappa shape index (κ2) is 5.37. The van der Waals surface area contributed by atoms with E-state index in [4.69, 9.17) is 22.1 Å². The van der Waals surface area contributed by atoms with Crippen LogP contribution in [0.15, 0.2) is 18.2 Å². The number of hydrogen-bond acceptors (Lipinski definition) is 4. The lowest BCUT2D eigenvalue weighted by Gasteiger charge is -2.38. The highest BCUT2D eigenvalue weighted by Crippen LogP contribution is 2.38. The van der Waals surface area contributed by atoms with E-state index in [1.54, 1.807) is 26.0 Å². The number of primary amides is 1. The Bertz CT molecular complexity index is 627. The van der Waals surface area contributed by atoms with E-state index in [9.17, 15) is 14.4 Å². The highest BCUT2D eigenvalue weighted by molar-refractivity contribution is 6.30. The monoisotopic (exact) mass is 310 g/mol. The summed E-state index contributed by atoms with van der Waals surface area (Å²) in [5.74, 6) is -1.09. The SMILES string of the molecule is CC1(C)Oc2ccc(C(=O)CCl)cc2N(CC(N)=O)C1=O. The molecule has 2 amide bonds. The van der Waals surface area contributed by atoms with E-state index in [0.29, 0.717) is 17.0 Å². The number of fused-ring (bicyclic) bond motifs is 1. The molecular formula is C14H15ClN2O4. The number of hydrogen-bond donors (Lipinski definition) is 1. The lowest BCUT2D eigenvalue weighted by atomic mass is 10.0. The number of benzene rings is 1. The summed E-state index contributed by atoms with van der Waals surface area (Å²) in [5, 5.41) is 0. The first kappa shape index (κ1) is 15.3. The fraction of sp³-hybridized carbons (Fsp3) is 0.357. The zero-order valence-electron chi connectivity index (χ0n) is 11.7. The highest BCUT2D eigenvalue weighted by atomic mass is 35.5. The van der Waals surface area contributed by atoms with Crippen LogP contribution in [-0.4, -0.2) is 35.6 Å². The van der Waals surface area contributed by atoms with Gasteiger partial charge in [0.05, 0.1) is 11.6 Å². The lowest BCUT2D eigenvalue weighted by Crippen LogP contribution is -2.54. The number of nitrogens with two attached hydrogens (primary N) is 1. The zero-order valence-corrected chi connectivity index (χ0v) is 12.4. The van der Waals surface area contributed by atoms with Gasteiger partial charge in [0, 0.05) is 5.56 Å². The van der Waals surface area contributed by atoms with E-state index in [-0.39, 0.29) is 18.2 Å². The fourth-order valence-electron chi connectivity index (χ4n) is 2.13. The van der Waals surface area contributed by atoms with Crippen molar-refractivity contribution in [1.82, 2.24) is 0 Å². The van der Waals surface area contributed by atoms with Crippen LogP contribution in [0.25, 0.3) is 0 Å². The Kier molecular flexibility index (Phi) is 3.91. The van der Waals surface area contributed by atoms with Gasteiger partial charge in [-0.3, -0.25) is 19.3 Å². The summed E-state index contributed by atoms with van der Waals surface area (Å²) in [6.07, 6.45) is 0. The van der Waals surface area contributed by atoms with Gasteiger partial charge in [0.25, 0.3) is 5.91 Å². The van der Waals surface area contributed by atoms with Gasteiger partial charge in [0.2, 0.25) is 5.91 Å². The van der Waals surface area contributed by atoms with Gasteiger partial charge in [-0.1, -0.05) is 0 Å². The Balaban J connectivity index is 2.53. The van der Waals surface area contributed by atoms with Gasteiger partial charge in [-0.25, -0.2) is 0 Å². The molecule has 0 aliphatic carbocycles. The molecular weight excluding hydrogens is 296 g/mol. The largest absolute Gasteiger partial charge is 0.476 e. The van der Waals surface area contributed by atoms with E-state index < -0.39 is 17.4 Å². The van der Waals surface area contributed by atoms with Gasteiger partial charge in [0.1, 0.15) is 12.3 Å². The Morgan fingerprint density at radius 1 is 1.38 bits per heavy atom. The van der Waals surface area contributed by atoms with Gasteiger partial charge < -0.3 is 10.5 Å². The minimum Gasteiger partial charge on any atom is -0.476 e. The van der Waals surface area contributed by atoms with Gasteiger partial charge in [-0.2, -0.15) is 0 Å². The number of carbonyl (C=O) groups is 3. The van der Waals surface area contributed by atoms with Crippen molar-refractivity contribution in [1.29, 1.82) is 0 Å². The standard InChI is InChI=1S/C14H15ClN2O4/c1-14(2)13(20)17(7-12(16)19)9-5-8(10(18)6-15)3-4-11(9)21-14/h3-5H,6-7H2,1-2H3,(H2,16,19). The van der Waals surface area contributed by atoms with Crippen molar-refractivity contribution in [3.05, 3.63) is 23.8 Å². The predicted molar refractivity (Wildman–Crippen MR) is 77.7 cm³/mol. The summed E-state index contributed by atoms with van der Waals surface area (Å²) in [6, 6.07) is 4.63. The molecule has 21 heavy (non-hydrogen) atoms. The van der Waals surface area contributed by atoms with Crippen LogP contribution in [0, 0.1) is 0 Å². The molecule has 0 unspecified atom stereocenters. The number of anilines is 1. The minimum absolute atomic E-state index is 0.172. The normalized spacial score (nSPS) is 16.1. The predicted octanol–water partition coefficient (Wildman–Crippen LogP) is 1.10. The summed E-state index contributed by atoms with van der Waals surface area (Å²) < 4.78 is 5.62. The van der Waals surface area contributed by atoms with Crippen molar-refractivity contribution in [3.63, 3.8) is 0 Å². The first-order valence-corrected chi connectivity index (χ1v) is 6.82. The van der Waals surface area contributed by atoms with Crippen molar-refractivity contribution < 1.29 is 19.1 Å². The first-order valence-electron chi connectivity index (χ1n) is 6.29. The first-order chi connectivity index (χ1) is 9.76. The van der Waals surface area contributed by atoms with Crippen molar-refractivity contribution >= 4 is 34.9 Å². The van der Waals surface area contributed by atoms with Crippen LogP contribution in [0.4, 0.5) is 5.69 Å². The molecule has 0 bridgehead atoms. The van der Waals surface area contributed by atoms with Gasteiger partial charge in [-0.05, 0) is 32.0 Å². The molecule has 0 saturated heterocycles. The maximum atomic E-state index is 12.4. The molecule has 2 rings (SSSR count). The number of nitrogens with zero attached hydrogens (tertiary/aromatic N) is 1. The van der Waals surface area contributed by atoms with Gasteiger partial charge in [0.15, 0.2) is 11.4 Å². The van der Waals surface area contributed by atoms with Crippen LogP contribution >= 0.6 is 11.6 Å². The van der Waals surface area contributed by atoms with Crippen LogP contribution in [0.2, 0.25) is 0 Å². The van der Waals surface area contributed by atoms with E-state index in [1.165, 1.54) is 11.0 Å². The Labute approximate surface area is 126 Å². The molecule has 1 aromatic rings. The van der Waals surface area contributed by atoms with Crippen LogP contribution in [0.1, 0.15) is 24.2 Å². The second-order valence-corrected chi connectivity index (χ2v) is 5.48. The second-order valence-electron chi connectivity index (χ2n) is 5.21. The molecule has 1 aromatic carbocycles. The Morgan fingerprint density at radius 3 is 2.62 bits per heavy atom. The van der Waals surface area contributed by atoms with Gasteiger partial charge >= 0.3 is 0 Å². The molecule has 0 spiro atoms. The molecule has 1 aliphatic heterocycles. The summed E-state index contributed by atoms with van der Waals surface area (Å²) in [7, 11) is 0. The summed E-state index contributed by atoms with van der Waals surface area (Å²) >= 11 is 5.53. The molecule has 0 fully saturated rings. The molecule has 7 heteroatoms. The molecule has 2 N–H and O–H groups in total. The minimum atomic E-state index is -1.11. The molecule has 0 radical (unpaired) electrons. The van der Waals surface area contributed by atoms with Crippen LogP contribution < -0.4 is 15.4 Å². The number of alkyl halides is 1. The number of ether oxygens (including phenoxy) is 1. The average Bonchev–Trinajstić information content (AvgIpc) is 2.42. The highest BCUT2D eigenvalue weighted by Gasteiger charge is 2.41. The van der Waals surface area contributed by atoms with E-state index >= 15 is 0 Å². The Hall–Kier alpha value is -2.08. The third-order valence-electron chi connectivity index (χ3n) is 3.13. The number of carbonyl (C=O) groups excluding carboxylic acids is 3. The number of halogens is 1. The number of amides is 2. The van der Waals surface area contributed by atoms with Crippen molar-refractivity contribution in [2.75, 3.05) is 17.3 Å². The molecule has 1 aliphatic rings. The fourth-order valence-corrected chi connectivity index (χ4v) is 2.29. The van der Waals surface area contributed by atoms with Gasteiger partial charge in [-0.15, -0.1) is 11.6 Å². The maximum Gasteiger partial charge on any atom is 0.271 e. The summed E-state index contributed by atoms with van der Waals surface area (Å²) in [6.45, 7) is 2.92. The number of ketones is 1. The molecule has 1 heterocycles. The van der Waals surface area contributed by atoms with Crippen LogP contribution in [0.3, 0.4) is 0 Å². The molecule has 112 valence electrons. The summed E-state index contributed by atoms with van der Waals surface area (Å²) in [5.41, 5.74) is 4.77. The van der Waals surface area contributed by atoms with E-state index in [2.05, 4.69) is 0 Å². The van der Waals surface area contributed by atoms with Crippen molar-refractivity contribution in [3.8, 4) is 5.75 Å². The smallest absolute Gasteiger partial charge is 0.271 e. The van der Waals surface area contributed by atoms with Crippen molar-refractivity contribution in [2.24, 2.45) is 5.73 Å². The summed E-state index contributed by atoms with van der Waals surface area (Å²) in [4.78, 5) is 36.5. The molecule has 0 aromatic heterocycles. The van der Waals surface area contributed by atoms with Crippen molar-refractivity contribution in [2.45, 2.75) is 19.4 Å². The number of rotatable bonds is 4. The third kappa shape index (κ3) is 2.85. The van der Waals surface area contributed by atoms with E-state index in [0.717, 1.165) is 0 Å². The maximum absolute atomic E-state index is 12.4. The quantitative estimate of drug-likeness (QED) is 0.666. The zero-order chi connectivity index (χ0) is 15.8. The van der Waals surface area contributed by atoms with E-state index in [1.807, 2.05) is 0 Å². The average molecular weight is 311 g/mol. The third-order valence-corrected chi connectivity index (χ3v) is 3.38. The Morgan fingerprint density at radius 2 is 2.05 bits per heavy atom. The molecule has 0 atom stereocenters. The van der Waals surface area contributed by atoms with Crippen LogP contribution in [0.5, 0.6) is 5.75 Å². The van der Waals surface area contributed by atoms with Crippen LogP contribution in [-0.2, 0) is 9.59 Å².